The number of Topliss-reactive ketones (excluding diaryl/α,β-unsaturated/α-hetero) is 1. The number of methoxy groups -OCH3 is 2. The number of allylic oxidation sites excluding steroid dienone is 1. The third-order valence-electron chi connectivity index (χ3n) is 4.07. The van der Waals surface area contributed by atoms with E-state index in [2.05, 4.69) is 4.98 Å². The Morgan fingerprint density at radius 3 is 2.48 bits per heavy atom. The van der Waals surface area contributed by atoms with Crippen molar-refractivity contribution in [3.8, 4) is 23.3 Å². The van der Waals surface area contributed by atoms with Gasteiger partial charge in [-0.3, -0.25) is 4.79 Å². The first-order chi connectivity index (χ1) is 13.0. The van der Waals surface area contributed by atoms with E-state index in [9.17, 15) is 19.6 Å². The fraction of sp³-hybridized carbons (Fsp3) is 0.100. The lowest BCUT2D eigenvalue weighted by atomic mass is 10.0. The number of nitriles is 1. The Hall–Kier alpha value is -3.79. The normalized spacial score (nSPS) is 11.3. The van der Waals surface area contributed by atoms with Crippen LogP contribution in [0, 0.1) is 17.1 Å². The molecule has 0 atom stereocenters. The number of carbonyl (C=O) groups excluding carboxylic acids is 1. The molecule has 2 aromatic carbocycles. The number of ether oxygens (including phenoxy) is 2. The molecule has 0 spiro atoms. The minimum Gasteiger partial charge on any atom is -0.502 e. The summed E-state index contributed by atoms with van der Waals surface area (Å²) in [5.74, 6) is -0.828. The minimum atomic E-state index is -0.513. The number of ketones is 1. The van der Waals surface area contributed by atoms with Crippen molar-refractivity contribution in [2.75, 3.05) is 14.2 Å². The van der Waals surface area contributed by atoms with Crippen molar-refractivity contribution < 1.29 is 23.8 Å². The standard InChI is InChI=1S/C20H15FN2O4/c1-26-17-6-11(7-18(27-2)20(17)25)5-12(9-22)19(24)15-10-23-16-8-13(21)3-4-14(15)16/h3-8,10,23,25H,1-2H3/b12-5-. The van der Waals surface area contributed by atoms with Crippen LogP contribution in [0.15, 0.2) is 42.1 Å². The molecule has 2 N–H and O–H groups in total. The highest BCUT2D eigenvalue weighted by atomic mass is 19.1. The molecule has 0 amide bonds. The number of phenolic OH excluding ortho intramolecular Hbond substituents is 1. The van der Waals surface area contributed by atoms with Gasteiger partial charge >= 0.3 is 0 Å². The predicted octanol–water partition coefficient (Wildman–Crippen LogP) is 3.82. The van der Waals surface area contributed by atoms with Crippen LogP contribution in [0.1, 0.15) is 15.9 Å². The summed E-state index contributed by atoms with van der Waals surface area (Å²) in [6.07, 6.45) is 2.81. The number of nitrogens with one attached hydrogen (secondary N) is 1. The lowest BCUT2D eigenvalue weighted by Crippen LogP contribution is -2.01. The second-order valence-electron chi connectivity index (χ2n) is 5.67. The van der Waals surface area contributed by atoms with Gasteiger partial charge in [-0.25, -0.2) is 4.39 Å². The number of halogens is 1. The van der Waals surface area contributed by atoms with Crippen LogP contribution in [0.3, 0.4) is 0 Å². The first-order valence-electron chi connectivity index (χ1n) is 7.86. The summed E-state index contributed by atoms with van der Waals surface area (Å²) in [7, 11) is 2.76. The summed E-state index contributed by atoms with van der Waals surface area (Å²) in [4.78, 5) is 15.6. The van der Waals surface area contributed by atoms with Crippen molar-refractivity contribution in [3.63, 3.8) is 0 Å². The maximum Gasteiger partial charge on any atom is 0.205 e. The molecule has 0 fully saturated rings. The van der Waals surface area contributed by atoms with E-state index in [4.69, 9.17) is 9.47 Å². The van der Waals surface area contributed by atoms with Gasteiger partial charge in [-0.2, -0.15) is 5.26 Å². The number of aromatic amines is 1. The molecule has 1 aromatic heterocycles. The van der Waals surface area contributed by atoms with Gasteiger partial charge in [0, 0.05) is 22.7 Å². The molecule has 0 radical (unpaired) electrons. The van der Waals surface area contributed by atoms with E-state index in [1.165, 1.54) is 56.8 Å². The third-order valence-corrected chi connectivity index (χ3v) is 4.07. The molecule has 136 valence electrons. The summed E-state index contributed by atoms with van der Waals surface area (Å²) in [5, 5.41) is 19.9. The molecule has 6 nitrogen and oxygen atoms in total. The number of aromatic hydroxyl groups is 1. The van der Waals surface area contributed by atoms with Crippen LogP contribution in [0.2, 0.25) is 0 Å². The number of carbonyl (C=O) groups is 1. The van der Waals surface area contributed by atoms with Gasteiger partial charge in [0.25, 0.3) is 0 Å². The molecule has 27 heavy (non-hydrogen) atoms. The second kappa shape index (κ2) is 7.22. The lowest BCUT2D eigenvalue weighted by Gasteiger charge is -2.09. The number of hydrogen-bond donors (Lipinski definition) is 2. The van der Waals surface area contributed by atoms with Gasteiger partial charge in [-0.15, -0.1) is 0 Å². The molecule has 0 bridgehead atoms. The van der Waals surface area contributed by atoms with Gasteiger partial charge in [0.05, 0.1) is 14.2 Å². The number of rotatable bonds is 5. The van der Waals surface area contributed by atoms with Crippen molar-refractivity contribution in [1.29, 1.82) is 5.26 Å². The molecule has 0 saturated carbocycles. The Balaban J connectivity index is 2.06. The van der Waals surface area contributed by atoms with Crippen LogP contribution < -0.4 is 9.47 Å². The van der Waals surface area contributed by atoms with E-state index >= 15 is 0 Å². The summed E-state index contributed by atoms with van der Waals surface area (Å²) >= 11 is 0. The molecule has 0 aliphatic heterocycles. The molecule has 1 heterocycles. The number of fused-ring (bicyclic) bond motifs is 1. The van der Waals surface area contributed by atoms with Crippen molar-refractivity contribution in [2.45, 2.75) is 0 Å². The molecule has 0 aliphatic carbocycles. The number of phenols is 1. The highest BCUT2D eigenvalue weighted by molar-refractivity contribution is 6.19. The lowest BCUT2D eigenvalue weighted by molar-refractivity contribution is 0.104. The fourth-order valence-electron chi connectivity index (χ4n) is 2.74. The van der Waals surface area contributed by atoms with Crippen LogP contribution in [0.5, 0.6) is 17.2 Å². The van der Waals surface area contributed by atoms with Crippen molar-refractivity contribution >= 4 is 22.8 Å². The maximum atomic E-state index is 13.3. The monoisotopic (exact) mass is 366 g/mol. The van der Waals surface area contributed by atoms with Crippen LogP contribution in [-0.2, 0) is 0 Å². The Labute approximate surface area is 154 Å². The Kier molecular flexibility index (Phi) is 4.81. The zero-order valence-corrected chi connectivity index (χ0v) is 14.5. The van der Waals surface area contributed by atoms with Gasteiger partial charge < -0.3 is 19.6 Å². The second-order valence-corrected chi connectivity index (χ2v) is 5.67. The van der Waals surface area contributed by atoms with E-state index in [0.29, 0.717) is 16.5 Å². The van der Waals surface area contributed by atoms with Gasteiger partial charge in [0.2, 0.25) is 11.5 Å². The molecular weight excluding hydrogens is 351 g/mol. The van der Waals surface area contributed by atoms with Gasteiger partial charge in [0.1, 0.15) is 17.5 Å². The number of nitrogens with zero attached hydrogens (tertiary/aromatic N) is 1. The zero-order chi connectivity index (χ0) is 19.6. The Morgan fingerprint density at radius 2 is 1.89 bits per heavy atom. The number of H-pyrrole nitrogens is 1. The summed E-state index contributed by atoms with van der Waals surface area (Å²) in [6.45, 7) is 0. The molecule has 0 aliphatic rings. The van der Waals surface area contributed by atoms with Gasteiger partial charge in [-0.1, -0.05) is 0 Å². The SMILES string of the molecule is COc1cc(/C=C(/C#N)C(=O)c2c[nH]c3cc(F)ccc23)cc(OC)c1O. The molecule has 0 unspecified atom stereocenters. The topological polar surface area (TPSA) is 95.3 Å². The summed E-state index contributed by atoms with van der Waals surface area (Å²) < 4.78 is 23.5. The van der Waals surface area contributed by atoms with Gasteiger partial charge in [0.15, 0.2) is 11.5 Å². The van der Waals surface area contributed by atoms with Crippen LogP contribution >= 0.6 is 0 Å². The molecule has 3 rings (SSSR count). The number of benzene rings is 2. The van der Waals surface area contributed by atoms with Crippen LogP contribution in [0.25, 0.3) is 17.0 Å². The zero-order valence-electron chi connectivity index (χ0n) is 14.5. The van der Waals surface area contributed by atoms with Gasteiger partial charge in [-0.05, 0) is 42.0 Å². The van der Waals surface area contributed by atoms with E-state index in [-0.39, 0.29) is 28.4 Å². The number of hydrogen-bond acceptors (Lipinski definition) is 5. The number of aromatic nitrogens is 1. The third kappa shape index (κ3) is 3.33. The van der Waals surface area contributed by atoms with Crippen LogP contribution in [-0.4, -0.2) is 30.1 Å². The quantitative estimate of drug-likeness (QED) is 0.407. The van der Waals surface area contributed by atoms with Crippen molar-refractivity contribution in [1.82, 2.24) is 4.98 Å². The van der Waals surface area contributed by atoms with E-state index in [1.807, 2.05) is 6.07 Å². The Bertz CT molecular complexity index is 1080. The highest BCUT2D eigenvalue weighted by Gasteiger charge is 2.18. The highest BCUT2D eigenvalue weighted by Crippen LogP contribution is 2.37. The largest absolute Gasteiger partial charge is 0.502 e. The first kappa shape index (κ1) is 18.0. The smallest absolute Gasteiger partial charge is 0.205 e. The summed E-state index contributed by atoms with van der Waals surface area (Å²) in [5.41, 5.74) is 1.03. The molecule has 0 saturated heterocycles. The first-order valence-corrected chi connectivity index (χ1v) is 7.86. The maximum absolute atomic E-state index is 13.3. The van der Waals surface area contributed by atoms with E-state index in [1.54, 1.807) is 0 Å². The van der Waals surface area contributed by atoms with Crippen LogP contribution in [0.4, 0.5) is 4.39 Å². The van der Waals surface area contributed by atoms with Crippen molar-refractivity contribution in [3.05, 3.63) is 59.0 Å². The molecule has 3 aromatic rings. The fourth-order valence-corrected chi connectivity index (χ4v) is 2.74. The summed E-state index contributed by atoms with van der Waals surface area (Å²) in [6, 6.07) is 8.85. The molecule has 7 heteroatoms. The predicted molar refractivity (Wildman–Crippen MR) is 97.4 cm³/mol. The molecular formula is C20H15FN2O4. The average Bonchev–Trinajstić information content (AvgIpc) is 3.09. The minimum absolute atomic E-state index is 0.130. The van der Waals surface area contributed by atoms with E-state index < -0.39 is 11.6 Å². The Morgan fingerprint density at radius 1 is 1.22 bits per heavy atom. The van der Waals surface area contributed by atoms with E-state index in [0.717, 1.165) is 0 Å². The van der Waals surface area contributed by atoms with Crippen molar-refractivity contribution in [2.24, 2.45) is 0 Å². The average molecular weight is 366 g/mol.